The van der Waals surface area contributed by atoms with Crippen molar-refractivity contribution in [2.75, 3.05) is 0 Å². The normalized spacial score (nSPS) is 10.9. The fourth-order valence-corrected chi connectivity index (χ4v) is 1.92. The van der Waals surface area contributed by atoms with Crippen LogP contribution in [0.5, 0.6) is 0 Å². The van der Waals surface area contributed by atoms with E-state index in [-0.39, 0.29) is 5.56 Å². The summed E-state index contributed by atoms with van der Waals surface area (Å²) in [7, 11) is 0. The zero-order chi connectivity index (χ0) is 12.6. The fraction of sp³-hybridized carbons (Fsp3) is 0.250. The third-order valence-electron chi connectivity index (χ3n) is 2.62. The Hall–Kier alpha value is -1.42. The van der Waals surface area contributed by atoms with E-state index in [0.717, 1.165) is 11.8 Å². The maximum absolute atomic E-state index is 13.6. The minimum Gasteiger partial charge on any atom is -0.268 e. The van der Waals surface area contributed by atoms with Gasteiger partial charge in [0.2, 0.25) is 0 Å². The third kappa shape index (κ3) is 2.05. The molecule has 0 atom stereocenters. The average molecular weight is 257 g/mol. The molecule has 2 rings (SSSR count). The molecule has 1 aromatic carbocycles. The number of benzene rings is 1. The number of halogens is 3. The van der Waals surface area contributed by atoms with E-state index in [9.17, 15) is 8.78 Å². The van der Waals surface area contributed by atoms with Gasteiger partial charge in [0.15, 0.2) is 0 Å². The zero-order valence-corrected chi connectivity index (χ0v) is 10.2. The Morgan fingerprint density at radius 3 is 2.59 bits per heavy atom. The highest BCUT2D eigenvalue weighted by Crippen LogP contribution is 2.31. The predicted molar refractivity (Wildman–Crippen MR) is 63.0 cm³/mol. The van der Waals surface area contributed by atoms with Gasteiger partial charge in [-0.05, 0) is 26.0 Å². The Bertz CT molecular complexity index is 564. The second kappa shape index (κ2) is 4.45. The lowest BCUT2D eigenvalue weighted by Crippen LogP contribution is -1.98. The van der Waals surface area contributed by atoms with Crippen LogP contribution in [0.4, 0.5) is 8.78 Å². The third-order valence-corrected chi connectivity index (χ3v) is 3.07. The smallest absolute Gasteiger partial charge is 0.135 e. The summed E-state index contributed by atoms with van der Waals surface area (Å²) in [5, 5.41) is 4.61. The molecule has 1 heterocycles. The molecule has 0 aliphatic carbocycles. The molecule has 0 saturated heterocycles. The molecule has 0 fully saturated rings. The van der Waals surface area contributed by atoms with Crippen molar-refractivity contribution >= 4 is 11.6 Å². The molecule has 0 bridgehead atoms. The number of rotatable bonds is 2. The first-order valence-corrected chi connectivity index (χ1v) is 5.60. The van der Waals surface area contributed by atoms with Crippen LogP contribution < -0.4 is 0 Å². The van der Waals surface area contributed by atoms with Crippen molar-refractivity contribution in [3.8, 4) is 11.3 Å². The van der Waals surface area contributed by atoms with E-state index in [1.165, 1.54) is 12.1 Å². The van der Waals surface area contributed by atoms with Crippen molar-refractivity contribution in [2.45, 2.75) is 20.4 Å². The summed E-state index contributed by atoms with van der Waals surface area (Å²) >= 11 is 6.10. The largest absolute Gasteiger partial charge is 0.268 e. The van der Waals surface area contributed by atoms with Gasteiger partial charge in [-0.1, -0.05) is 11.6 Å². The summed E-state index contributed by atoms with van der Waals surface area (Å²) in [5.41, 5.74) is 1.34. The Morgan fingerprint density at radius 2 is 2.06 bits per heavy atom. The number of aryl methyl sites for hydroxylation is 1. The summed E-state index contributed by atoms with van der Waals surface area (Å²) < 4.78 is 28.1. The first-order chi connectivity index (χ1) is 8.04. The van der Waals surface area contributed by atoms with E-state index in [1.54, 1.807) is 4.68 Å². The molecule has 90 valence electrons. The lowest BCUT2D eigenvalue weighted by Gasteiger charge is -2.00. The van der Waals surface area contributed by atoms with Gasteiger partial charge in [-0.3, -0.25) is 4.68 Å². The van der Waals surface area contributed by atoms with Crippen molar-refractivity contribution in [3.05, 3.63) is 40.6 Å². The second-order valence-electron chi connectivity index (χ2n) is 3.69. The van der Waals surface area contributed by atoms with E-state index in [1.807, 2.05) is 13.8 Å². The molecule has 2 nitrogen and oxygen atoms in total. The molecule has 0 unspecified atom stereocenters. The molecule has 0 N–H and O–H groups in total. The highest BCUT2D eigenvalue weighted by atomic mass is 35.5. The van der Waals surface area contributed by atoms with Crippen molar-refractivity contribution < 1.29 is 8.78 Å². The van der Waals surface area contributed by atoms with Crippen LogP contribution in [-0.2, 0) is 6.54 Å². The van der Waals surface area contributed by atoms with Gasteiger partial charge in [-0.2, -0.15) is 5.10 Å². The number of hydrogen-bond acceptors (Lipinski definition) is 1. The fourth-order valence-electron chi connectivity index (χ4n) is 1.69. The summed E-state index contributed by atoms with van der Waals surface area (Å²) in [6.07, 6.45) is 0. The lowest BCUT2D eigenvalue weighted by molar-refractivity contribution is 0.584. The molecule has 0 radical (unpaired) electrons. The van der Waals surface area contributed by atoms with Gasteiger partial charge in [0.1, 0.15) is 17.3 Å². The predicted octanol–water partition coefficient (Wildman–Crippen LogP) is 3.81. The maximum atomic E-state index is 13.6. The van der Waals surface area contributed by atoms with E-state index in [4.69, 9.17) is 11.6 Å². The Morgan fingerprint density at radius 1 is 1.35 bits per heavy atom. The maximum Gasteiger partial charge on any atom is 0.135 e. The van der Waals surface area contributed by atoms with Crippen LogP contribution >= 0.6 is 11.6 Å². The molecule has 2 aromatic rings. The Balaban J connectivity index is 2.60. The summed E-state index contributed by atoms with van der Waals surface area (Å²) in [4.78, 5) is 0. The molecule has 0 aliphatic rings. The summed E-state index contributed by atoms with van der Waals surface area (Å²) in [6.45, 7) is 4.37. The molecule has 0 spiro atoms. The minimum absolute atomic E-state index is 0.215. The van der Waals surface area contributed by atoms with Gasteiger partial charge >= 0.3 is 0 Å². The van der Waals surface area contributed by atoms with Crippen LogP contribution in [-0.4, -0.2) is 9.78 Å². The van der Waals surface area contributed by atoms with Crippen molar-refractivity contribution in [3.63, 3.8) is 0 Å². The summed E-state index contributed by atoms with van der Waals surface area (Å²) in [5.74, 6) is -1.28. The van der Waals surface area contributed by atoms with E-state index < -0.39 is 11.6 Å². The van der Waals surface area contributed by atoms with Gasteiger partial charge in [-0.15, -0.1) is 0 Å². The van der Waals surface area contributed by atoms with Crippen LogP contribution in [0.2, 0.25) is 5.02 Å². The van der Waals surface area contributed by atoms with E-state index in [2.05, 4.69) is 5.10 Å². The van der Waals surface area contributed by atoms with Crippen LogP contribution in [0.1, 0.15) is 12.6 Å². The van der Waals surface area contributed by atoms with Crippen LogP contribution in [0.25, 0.3) is 11.3 Å². The van der Waals surface area contributed by atoms with E-state index in [0.29, 0.717) is 17.3 Å². The molecule has 0 amide bonds. The van der Waals surface area contributed by atoms with Gasteiger partial charge < -0.3 is 0 Å². The first kappa shape index (κ1) is 12.0. The monoisotopic (exact) mass is 256 g/mol. The molecule has 17 heavy (non-hydrogen) atoms. The highest BCUT2D eigenvalue weighted by Gasteiger charge is 2.17. The van der Waals surface area contributed by atoms with Gasteiger partial charge in [0.05, 0.1) is 10.7 Å². The molecular formula is C12H11ClF2N2. The average Bonchev–Trinajstić information content (AvgIpc) is 2.57. The molecule has 5 heteroatoms. The SMILES string of the molecule is CCn1nc(-c2ccc(F)cc2F)c(Cl)c1C. The zero-order valence-electron chi connectivity index (χ0n) is 9.47. The molecule has 1 aromatic heterocycles. The van der Waals surface area contributed by atoms with Gasteiger partial charge in [0, 0.05) is 18.2 Å². The van der Waals surface area contributed by atoms with Gasteiger partial charge in [-0.25, -0.2) is 8.78 Å². The number of aromatic nitrogens is 2. The molecule has 0 saturated carbocycles. The highest BCUT2D eigenvalue weighted by molar-refractivity contribution is 6.33. The van der Waals surface area contributed by atoms with Crippen molar-refractivity contribution in [1.29, 1.82) is 0 Å². The van der Waals surface area contributed by atoms with Crippen LogP contribution in [0.3, 0.4) is 0 Å². The lowest BCUT2D eigenvalue weighted by atomic mass is 10.1. The van der Waals surface area contributed by atoms with Crippen molar-refractivity contribution in [2.24, 2.45) is 0 Å². The molecular weight excluding hydrogens is 246 g/mol. The van der Waals surface area contributed by atoms with Crippen LogP contribution in [0, 0.1) is 18.6 Å². The van der Waals surface area contributed by atoms with Crippen molar-refractivity contribution in [1.82, 2.24) is 9.78 Å². The van der Waals surface area contributed by atoms with Gasteiger partial charge in [0.25, 0.3) is 0 Å². The Labute approximate surface area is 103 Å². The number of nitrogens with zero attached hydrogens (tertiary/aromatic N) is 2. The molecule has 0 aliphatic heterocycles. The number of hydrogen-bond donors (Lipinski definition) is 0. The first-order valence-electron chi connectivity index (χ1n) is 5.23. The minimum atomic E-state index is -0.660. The van der Waals surface area contributed by atoms with Crippen LogP contribution in [0.15, 0.2) is 18.2 Å². The standard InChI is InChI=1S/C12H11ClF2N2/c1-3-17-7(2)11(13)12(16-17)9-5-4-8(14)6-10(9)15/h4-6H,3H2,1-2H3. The second-order valence-corrected chi connectivity index (χ2v) is 4.07. The summed E-state index contributed by atoms with van der Waals surface area (Å²) in [6, 6.07) is 3.36. The Kier molecular flexibility index (Phi) is 3.15. The van der Waals surface area contributed by atoms with E-state index >= 15 is 0 Å². The topological polar surface area (TPSA) is 17.8 Å². The quantitative estimate of drug-likeness (QED) is 0.799.